The highest BCUT2D eigenvalue weighted by Gasteiger charge is 2.12. The van der Waals surface area contributed by atoms with Crippen molar-refractivity contribution in [3.8, 4) is 11.7 Å². The summed E-state index contributed by atoms with van der Waals surface area (Å²) in [6.45, 7) is 1.84. The molecular weight excluding hydrogens is 220 g/mol. The first-order valence-electron chi connectivity index (χ1n) is 5.07. The summed E-state index contributed by atoms with van der Waals surface area (Å²) < 4.78 is 10.0. The minimum absolute atomic E-state index is 0.144. The Bertz CT molecular complexity index is 729. The normalized spacial score (nSPS) is 10.9. The molecule has 3 rings (SSSR count). The fraction of sp³-hybridized carbons (Fsp3) is 0.0833. The smallest absolute Gasteiger partial charge is 0.347 e. The van der Waals surface area contributed by atoms with Gasteiger partial charge in [-0.05, 0) is 18.6 Å². The molecule has 2 aromatic heterocycles. The van der Waals surface area contributed by atoms with E-state index in [1.54, 1.807) is 12.1 Å². The largest absolute Gasteiger partial charge is 0.400 e. The second-order valence-electron chi connectivity index (χ2n) is 3.65. The summed E-state index contributed by atoms with van der Waals surface area (Å²) in [5.41, 5.74) is 1.01. The van der Waals surface area contributed by atoms with E-state index in [0.29, 0.717) is 16.7 Å². The van der Waals surface area contributed by atoms with E-state index in [9.17, 15) is 4.79 Å². The van der Waals surface area contributed by atoms with Gasteiger partial charge in [0.25, 0.3) is 5.89 Å². The lowest BCUT2D eigenvalue weighted by atomic mass is 10.1. The Balaban J connectivity index is 2.36. The zero-order chi connectivity index (χ0) is 11.8. The van der Waals surface area contributed by atoms with Crippen LogP contribution in [0.4, 0.5) is 0 Å². The molecule has 0 fully saturated rings. The lowest BCUT2D eigenvalue weighted by molar-refractivity contribution is 0.407. The summed E-state index contributed by atoms with van der Waals surface area (Å²) in [4.78, 5) is 16.1. The quantitative estimate of drug-likeness (QED) is 0.638. The molecule has 5 heteroatoms. The van der Waals surface area contributed by atoms with Gasteiger partial charge in [-0.15, -0.1) is 0 Å². The van der Waals surface area contributed by atoms with Crippen molar-refractivity contribution in [3.63, 3.8) is 0 Å². The molecule has 0 atom stereocenters. The van der Waals surface area contributed by atoms with Crippen molar-refractivity contribution in [1.82, 2.24) is 10.1 Å². The molecule has 0 aliphatic heterocycles. The average molecular weight is 228 g/mol. The standard InChI is InChI=1S/C12H8N2O3/c1-7-3-2-4-8-10(7)12(15)16-11(14-8)9-5-6-13-17-9/h2-6H,1H3. The minimum Gasteiger partial charge on any atom is -0.400 e. The highest BCUT2D eigenvalue weighted by molar-refractivity contribution is 5.81. The molecule has 17 heavy (non-hydrogen) atoms. The van der Waals surface area contributed by atoms with E-state index in [0.717, 1.165) is 5.56 Å². The Kier molecular flexibility index (Phi) is 2.04. The average Bonchev–Trinajstić information content (AvgIpc) is 2.81. The zero-order valence-corrected chi connectivity index (χ0v) is 9.01. The monoisotopic (exact) mass is 228 g/mol. The van der Waals surface area contributed by atoms with E-state index in [4.69, 9.17) is 8.94 Å². The van der Waals surface area contributed by atoms with E-state index in [1.807, 2.05) is 19.1 Å². The molecule has 1 aromatic carbocycles. The molecule has 0 saturated carbocycles. The SMILES string of the molecule is Cc1cccc2nc(-c3ccno3)oc(=O)c12. The summed E-state index contributed by atoms with van der Waals surface area (Å²) in [5.74, 6) is 0.483. The maximum atomic E-state index is 11.8. The molecule has 0 amide bonds. The van der Waals surface area contributed by atoms with Gasteiger partial charge in [0.05, 0.1) is 17.1 Å². The number of hydrogen-bond acceptors (Lipinski definition) is 5. The van der Waals surface area contributed by atoms with E-state index >= 15 is 0 Å². The van der Waals surface area contributed by atoms with E-state index in [-0.39, 0.29) is 5.89 Å². The topological polar surface area (TPSA) is 69.1 Å². The van der Waals surface area contributed by atoms with E-state index in [2.05, 4.69) is 10.1 Å². The van der Waals surface area contributed by atoms with Gasteiger partial charge < -0.3 is 8.94 Å². The lowest BCUT2D eigenvalue weighted by Crippen LogP contribution is -2.04. The van der Waals surface area contributed by atoms with Crippen LogP contribution in [0.15, 0.2) is 44.2 Å². The number of aromatic nitrogens is 2. The lowest BCUT2D eigenvalue weighted by Gasteiger charge is -2.00. The van der Waals surface area contributed by atoms with Crippen LogP contribution in [0.3, 0.4) is 0 Å². The second kappa shape index (κ2) is 3.55. The molecule has 0 radical (unpaired) electrons. The van der Waals surface area contributed by atoms with Crippen molar-refractivity contribution in [3.05, 3.63) is 46.4 Å². The fourth-order valence-corrected chi connectivity index (χ4v) is 1.71. The van der Waals surface area contributed by atoms with E-state index < -0.39 is 5.63 Å². The Morgan fingerprint density at radius 3 is 2.88 bits per heavy atom. The summed E-state index contributed by atoms with van der Waals surface area (Å²) in [5, 5.41) is 4.04. The number of fused-ring (bicyclic) bond motifs is 1. The molecule has 0 spiro atoms. The van der Waals surface area contributed by atoms with Crippen molar-refractivity contribution in [2.24, 2.45) is 0 Å². The van der Waals surface area contributed by atoms with Gasteiger partial charge in [-0.25, -0.2) is 9.78 Å². The molecule has 0 aliphatic carbocycles. The Morgan fingerprint density at radius 2 is 2.12 bits per heavy atom. The van der Waals surface area contributed by atoms with Crippen molar-refractivity contribution in [2.75, 3.05) is 0 Å². The highest BCUT2D eigenvalue weighted by Crippen LogP contribution is 2.19. The van der Waals surface area contributed by atoms with Crippen LogP contribution in [0.25, 0.3) is 22.6 Å². The first-order chi connectivity index (χ1) is 8.25. The van der Waals surface area contributed by atoms with Crippen molar-refractivity contribution in [1.29, 1.82) is 0 Å². The maximum absolute atomic E-state index is 11.8. The first kappa shape index (κ1) is 9.77. The molecule has 5 nitrogen and oxygen atoms in total. The van der Waals surface area contributed by atoms with Crippen LogP contribution < -0.4 is 5.63 Å². The third-order valence-corrected chi connectivity index (χ3v) is 2.51. The van der Waals surface area contributed by atoms with Gasteiger partial charge in [0.2, 0.25) is 5.76 Å². The predicted octanol–water partition coefficient (Wildman–Crippen LogP) is 2.15. The molecule has 0 N–H and O–H groups in total. The highest BCUT2D eigenvalue weighted by atomic mass is 16.5. The van der Waals surface area contributed by atoms with Gasteiger partial charge >= 0.3 is 5.63 Å². The van der Waals surface area contributed by atoms with Gasteiger partial charge in [-0.1, -0.05) is 17.3 Å². The Labute approximate surface area is 95.7 Å². The van der Waals surface area contributed by atoms with Crippen LogP contribution in [0.1, 0.15) is 5.56 Å². The van der Waals surface area contributed by atoms with Gasteiger partial charge in [-0.2, -0.15) is 0 Å². The number of rotatable bonds is 1. The van der Waals surface area contributed by atoms with E-state index in [1.165, 1.54) is 6.20 Å². The number of hydrogen-bond donors (Lipinski definition) is 0. The Morgan fingerprint density at radius 1 is 1.24 bits per heavy atom. The predicted molar refractivity (Wildman–Crippen MR) is 60.5 cm³/mol. The number of nitrogens with zero attached hydrogens (tertiary/aromatic N) is 2. The maximum Gasteiger partial charge on any atom is 0.347 e. The molecule has 0 bridgehead atoms. The number of benzene rings is 1. The van der Waals surface area contributed by atoms with Crippen molar-refractivity contribution >= 4 is 10.9 Å². The third kappa shape index (κ3) is 1.52. The molecule has 0 aliphatic rings. The van der Waals surface area contributed by atoms with Crippen LogP contribution in [-0.2, 0) is 0 Å². The van der Waals surface area contributed by atoms with Crippen molar-refractivity contribution < 1.29 is 8.94 Å². The van der Waals surface area contributed by atoms with Gasteiger partial charge in [0.1, 0.15) is 0 Å². The summed E-state index contributed by atoms with van der Waals surface area (Å²) in [7, 11) is 0. The Hall–Kier alpha value is -2.43. The summed E-state index contributed by atoms with van der Waals surface area (Å²) >= 11 is 0. The molecule has 3 aromatic rings. The molecule has 84 valence electrons. The van der Waals surface area contributed by atoms with Crippen molar-refractivity contribution in [2.45, 2.75) is 6.92 Å². The first-order valence-corrected chi connectivity index (χ1v) is 5.07. The molecule has 0 unspecified atom stereocenters. The second-order valence-corrected chi connectivity index (χ2v) is 3.65. The summed E-state index contributed by atoms with van der Waals surface area (Å²) in [6.07, 6.45) is 1.47. The van der Waals surface area contributed by atoms with Crippen LogP contribution in [0, 0.1) is 6.92 Å². The van der Waals surface area contributed by atoms with Gasteiger partial charge in [0.15, 0.2) is 0 Å². The van der Waals surface area contributed by atoms with Crippen LogP contribution in [0.2, 0.25) is 0 Å². The minimum atomic E-state index is -0.417. The summed E-state index contributed by atoms with van der Waals surface area (Å²) in [6, 6.07) is 7.04. The van der Waals surface area contributed by atoms with Gasteiger partial charge in [-0.3, -0.25) is 0 Å². The molecular formula is C12H8N2O3. The third-order valence-electron chi connectivity index (χ3n) is 2.51. The molecule has 2 heterocycles. The number of aryl methyl sites for hydroxylation is 1. The molecule has 0 saturated heterocycles. The van der Waals surface area contributed by atoms with Crippen LogP contribution in [-0.4, -0.2) is 10.1 Å². The zero-order valence-electron chi connectivity index (χ0n) is 9.01. The van der Waals surface area contributed by atoms with Gasteiger partial charge in [0, 0.05) is 6.07 Å². The van der Waals surface area contributed by atoms with Crippen LogP contribution >= 0.6 is 0 Å². The van der Waals surface area contributed by atoms with Crippen LogP contribution in [0.5, 0.6) is 0 Å². The fourth-order valence-electron chi connectivity index (χ4n) is 1.71.